The van der Waals surface area contributed by atoms with Crippen LogP contribution < -0.4 is 10.6 Å². The van der Waals surface area contributed by atoms with Crippen LogP contribution in [0.15, 0.2) is 12.3 Å². The van der Waals surface area contributed by atoms with Crippen molar-refractivity contribution in [3.63, 3.8) is 0 Å². The third kappa shape index (κ3) is 4.96. The van der Waals surface area contributed by atoms with E-state index < -0.39 is 0 Å². The maximum atomic E-state index is 13.1. The van der Waals surface area contributed by atoms with Crippen LogP contribution in [0, 0.1) is 18.8 Å². The topological polar surface area (TPSA) is 105 Å². The summed E-state index contributed by atoms with van der Waals surface area (Å²) >= 11 is 1.69. The molecule has 0 bridgehead atoms. The highest BCUT2D eigenvalue weighted by Crippen LogP contribution is 2.44. The Morgan fingerprint density at radius 3 is 2.74 bits per heavy atom. The summed E-state index contributed by atoms with van der Waals surface area (Å²) < 4.78 is 6.60. The Kier molecular flexibility index (Phi) is 6.39. The van der Waals surface area contributed by atoms with E-state index in [0.717, 1.165) is 69.7 Å². The molecule has 3 saturated carbocycles. The zero-order valence-corrected chi connectivity index (χ0v) is 22.7. The summed E-state index contributed by atoms with van der Waals surface area (Å²) in [6, 6.07) is 2.25. The number of fused-ring (bicyclic) bond motifs is 1. The number of carbonyl (C=O) groups excluding carboxylic acids is 1. The van der Waals surface area contributed by atoms with Crippen LogP contribution in [-0.2, 0) is 9.53 Å². The third-order valence-electron chi connectivity index (χ3n) is 8.29. The first-order chi connectivity index (χ1) is 18.6. The summed E-state index contributed by atoms with van der Waals surface area (Å²) in [4.78, 5) is 34.7. The highest BCUT2D eigenvalue weighted by atomic mass is 32.1. The number of ether oxygens (including phenoxy) is 1. The number of nitrogens with zero attached hydrogens (tertiary/aromatic N) is 5. The van der Waals surface area contributed by atoms with Crippen LogP contribution in [0.5, 0.6) is 0 Å². The molecule has 3 aliphatic carbocycles. The fourth-order valence-electron chi connectivity index (χ4n) is 5.78. The molecule has 0 radical (unpaired) electrons. The highest BCUT2D eigenvalue weighted by molar-refractivity contribution is 7.21. The van der Waals surface area contributed by atoms with E-state index in [1.807, 2.05) is 11.1 Å². The van der Waals surface area contributed by atoms with Crippen LogP contribution in [0.4, 0.5) is 11.8 Å². The Morgan fingerprint density at radius 1 is 1.11 bits per heavy atom. The van der Waals surface area contributed by atoms with Gasteiger partial charge in [0.2, 0.25) is 11.9 Å². The Balaban J connectivity index is 1.17. The summed E-state index contributed by atoms with van der Waals surface area (Å²) in [6.45, 7) is 5.65. The smallest absolute Gasteiger partial charge is 0.225 e. The lowest BCUT2D eigenvalue weighted by Crippen LogP contribution is -2.43. The molecule has 0 aromatic carbocycles. The van der Waals surface area contributed by atoms with Gasteiger partial charge in [-0.3, -0.25) is 9.78 Å². The molecule has 1 saturated heterocycles. The predicted octanol–water partition coefficient (Wildman–Crippen LogP) is 4.60. The number of aromatic nitrogens is 4. The summed E-state index contributed by atoms with van der Waals surface area (Å²) in [5.41, 5.74) is 4.03. The normalized spacial score (nSPS) is 23.7. The first kappa shape index (κ1) is 24.2. The molecule has 200 valence electrons. The maximum absolute atomic E-state index is 13.1. The second-order valence-electron chi connectivity index (χ2n) is 11.3. The second-order valence-corrected chi connectivity index (χ2v) is 12.3. The van der Waals surface area contributed by atoms with Gasteiger partial charge in [0.15, 0.2) is 0 Å². The van der Waals surface area contributed by atoms with Gasteiger partial charge in [-0.05, 0) is 63.9 Å². The number of morpholine rings is 1. The van der Waals surface area contributed by atoms with Crippen LogP contribution in [0.25, 0.3) is 20.8 Å². The first-order valence-corrected chi connectivity index (χ1v) is 15.0. The van der Waals surface area contributed by atoms with Crippen LogP contribution in [0.2, 0.25) is 0 Å². The van der Waals surface area contributed by atoms with Gasteiger partial charge in [-0.15, -0.1) is 11.3 Å². The van der Waals surface area contributed by atoms with E-state index in [-0.39, 0.29) is 17.9 Å². The van der Waals surface area contributed by atoms with Gasteiger partial charge in [0.1, 0.15) is 16.3 Å². The van der Waals surface area contributed by atoms with Gasteiger partial charge in [0.25, 0.3) is 0 Å². The van der Waals surface area contributed by atoms with Crippen molar-refractivity contribution in [2.45, 2.75) is 63.8 Å². The van der Waals surface area contributed by atoms with E-state index in [1.54, 1.807) is 11.3 Å². The summed E-state index contributed by atoms with van der Waals surface area (Å²) in [6.07, 6.45) is 9.52. The standard InChI is InChI=1S/C28H35N7O2S/c1-16-22(26-33-24-21(38-26)8-9-29-23(24)18-4-5-18)25(34-28(31-16)30-15-17-2-3-17)32-20-7-6-19(14-20)27(36)35-10-12-37-13-11-35/h8-9,17-20H,2-7,10-15H2,1H3,(H2,30,31,32,34)/t19-,20+/m1/s1. The van der Waals surface area contributed by atoms with Crippen molar-refractivity contribution in [3.05, 3.63) is 23.7 Å². The first-order valence-electron chi connectivity index (χ1n) is 14.1. The quantitative estimate of drug-likeness (QED) is 0.433. The Labute approximate surface area is 226 Å². The van der Waals surface area contributed by atoms with E-state index in [0.29, 0.717) is 38.2 Å². The number of pyridine rings is 1. The van der Waals surface area contributed by atoms with Gasteiger partial charge in [0.05, 0.1) is 34.9 Å². The highest BCUT2D eigenvalue weighted by Gasteiger charge is 2.34. The van der Waals surface area contributed by atoms with Crippen LogP contribution >= 0.6 is 11.3 Å². The molecule has 10 heteroatoms. The average molecular weight is 534 g/mol. The van der Waals surface area contributed by atoms with Crippen molar-refractivity contribution in [2.75, 3.05) is 43.5 Å². The number of carbonyl (C=O) groups is 1. The van der Waals surface area contributed by atoms with Crippen LogP contribution in [0.1, 0.15) is 62.3 Å². The average Bonchev–Trinajstić information content (AvgIpc) is 3.86. The second kappa shape index (κ2) is 10.0. The van der Waals surface area contributed by atoms with Gasteiger partial charge >= 0.3 is 0 Å². The molecular weight excluding hydrogens is 498 g/mol. The molecule has 2 atom stereocenters. The van der Waals surface area contributed by atoms with E-state index in [9.17, 15) is 4.79 Å². The minimum absolute atomic E-state index is 0.0547. The monoisotopic (exact) mass is 533 g/mol. The number of hydrogen-bond donors (Lipinski definition) is 2. The lowest BCUT2D eigenvalue weighted by molar-refractivity contribution is -0.139. The fraction of sp³-hybridized carbons (Fsp3) is 0.607. The molecule has 0 unspecified atom stereocenters. The van der Waals surface area contributed by atoms with Crippen molar-refractivity contribution in [3.8, 4) is 10.6 Å². The Morgan fingerprint density at radius 2 is 1.95 bits per heavy atom. The summed E-state index contributed by atoms with van der Waals surface area (Å²) in [5.74, 6) is 3.08. The minimum Gasteiger partial charge on any atom is -0.378 e. The number of anilines is 2. The Bertz CT molecular complexity index is 1350. The van der Waals surface area contributed by atoms with E-state index >= 15 is 0 Å². The zero-order valence-electron chi connectivity index (χ0n) is 21.9. The predicted molar refractivity (Wildman–Crippen MR) is 149 cm³/mol. The molecule has 3 aromatic heterocycles. The van der Waals surface area contributed by atoms with E-state index in [4.69, 9.17) is 19.7 Å². The SMILES string of the molecule is Cc1nc(NCC2CC2)nc(N[C@H]2CC[C@@H](C(=O)N3CCOCC3)C2)c1-c1nc2c(C3CC3)nccc2s1. The van der Waals surface area contributed by atoms with Crippen molar-refractivity contribution in [1.82, 2.24) is 24.8 Å². The third-order valence-corrected chi connectivity index (χ3v) is 9.33. The fourth-order valence-corrected chi connectivity index (χ4v) is 6.85. The van der Waals surface area contributed by atoms with E-state index in [1.165, 1.54) is 25.7 Å². The lowest BCUT2D eigenvalue weighted by atomic mass is 10.1. The molecule has 7 rings (SSSR count). The number of aryl methyl sites for hydroxylation is 1. The number of rotatable bonds is 8. The van der Waals surface area contributed by atoms with Crippen LogP contribution in [0.3, 0.4) is 0 Å². The molecule has 0 spiro atoms. The number of thiazole rings is 1. The molecule has 3 aromatic rings. The molecule has 1 amide bonds. The van der Waals surface area contributed by atoms with Gasteiger partial charge < -0.3 is 20.3 Å². The minimum atomic E-state index is 0.0547. The lowest BCUT2D eigenvalue weighted by Gasteiger charge is -2.29. The zero-order chi connectivity index (χ0) is 25.6. The molecule has 1 aliphatic heterocycles. The van der Waals surface area contributed by atoms with Gasteiger partial charge in [-0.25, -0.2) is 9.97 Å². The van der Waals surface area contributed by atoms with Gasteiger partial charge in [0, 0.05) is 43.7 Å². The van der Waals surface area contributed by atoms with Crippen molar-refractivity contribution in [1.29, 1.82) is 0 Å². The molecule has 2 N–H and O–H groups in total. The molecule has 4 fully saturated rings. The molecule has 4 aliphatic rings. The molecule has 38 heavy (non-hydrogen) atoms. The van der Waals surface area contributed by atoms with Crippen molar-refractivity contribution in [2.24, 2.45) is 11.8 Å². The van der Waals surface area contributed by atoms with Crippen molar-refractivity contribution < 1.29 is 9.53 Å². The number of nitrogens with one attached hydrogen (secondary N) is 2. The summed E-state index contributed by atoms with van der Waals surface area (Å²) in [7, 11) is 0. The summed E-state index contributed by atoms with van der Waals surface area (Å²) in [5, 5.41) is 8.13. The largest absolute Gasteiger partial charge is 0.378 e. The maximum Gasteiger partial charge on any atom is 0.225 e. The Hall–Kier alpha value is -2.85. The van der Waals surface area contributed by atoms with Gasteiger partial charge in [-0.1, -0.05) is 0 Å². The molecule has 9 nitrogen and oxygen atoms in total. The van der Waals surface area contributed by atoms with Crippen molar-refractivity contribution >= 4 is 39.2 Å². The van der Waals surface area contributed by atoms with Crippen LogP contribution in [-0.4, -0.2) is 69.6 Å². The molecular formula is C28H35N7O2S. The van der Waals surface area contributed by atoms with Gasteiger partial charge in [-0.2, -0.15) is 4.98 Å². The molecule has 4 heterocycles. The van der Waals surface area contributed by atoms with E-state index in [2.05, 4.69) is 28.6 Å². The number of hydrogen-bond acceptors (Lipinski definition) is 9. The number of amides is 1.